The molecule has 0 bridgehead atoms. The highest BCUT2D eigenvalue weighted by molar-refractivity contribution is 5.71. The van der Waals surface area contributed by atoms with Gasteiger partial charge in [0.1, 0.15) is 11.5 Å². The van der Waals surface area contributed by atoms with Crippen LogP contribution in [-0.2, 0) is 0 Å². The normalized spacial score (nSPS) is 11.3. The van der Waals surface area contributed by atoms with Crippen LogP contribution in [0.4, 0.5) is 0 Å². The van der Waals surface area contributed by atoms with E-state index >= 15 is 0 Å². The molecule has 0 spiro atoms. The Bertz CT molecular complexity index is 1160. The summed E-state index contributed by atoms with van der Waals surface area (Å²) >= 11 is 0. The Balaban J connectivity index is 1.15. The van der Waals surface area contributed by atoms with E-state index in [2.05, 4.69) is 86.6 Å². The van der Waals surface area contributed by atoms with Crippen molar-refractivity contribution in [3.05, 3.63) is 72.8 Å². The molecule has 0 saturated heterocycles. The Morgan fingerprint density at radius 2 is 0.411 bits per heavy atom. The molecule has 56 heavy (non-hydrogen) atoms. The van der Waals surface area contributed by atoms with Gasteiger partial charge in [-0.2, -0.15) is 0 Å². The molecule has 0 radical (unpaired) electrons. The number of rotatable bonds is 38. The van der Waals surface area contributed by atoms with Gasteiger partial charge in [-0.1, -0.05) is 255 Å². The van der Waals surface area contributed by atoms with Crippen LogP contribution in [0.25, 0.3) is 22.3 Å². The molecule has 0 aliphatic rings. The standard InChI is InChI=1S/C54H86O2/c1-3-5-7-9-11-13-15-17-19-21-23-25-27-29-31-33-47-55-53-43-39-51(40-44-53)49-35-37-50(38-36-49)52-41-45-54(46-42-52)56-48-34-32-30-28-26-24-22-20-18-16-14-12-10-8-6-4-2/h35-46H,3-34,47-48H2,1-2H3. The molecule has 3 aromatic rings. The molecule has 314 valence electrons. The van der Waals surface area contributed by atoms with E-state index in [9.17, 15) is 0 Å². The van der Waals surface area contributed by atoms with E-state index in [-0.39, 0.29) is 0 Å². The van der Waals surface area contributed by atoms with Crippen LogP contribution in [0.1, 0.15) is 219 Å². The summed E-state index contributed by atoms with van der Waals surface area (Å²) in [5.74, 6) is 1.95. The average Bonchev–Trinajstić information content (AvgIpc) is 3.23. The van der Waals surface area contributed by atoms with Crippen molar-refractivity contribution in [2.75, 3.05) is 13.2 Å². The van der Waals surface area contributed by atoms with E-state index in [0.717, 1.165) is 37.6 Å². The SMILES string of the molecule is CCCCCCCCCCCCCCCCCCOc1ccc(-c2ccc(-c3ccc(OCCCCCCCCCCCCCCCCCC)cc3)cc2)cc1. The van der Waals surface area contributed by atoms with E-state index < -0.39 is 0 Å². The summed E-state index contributed by atoms with van der Waals surface area (Å²) < 4.78 is 12.1. The summed E-state index contributed by atoms with van der Waals surface area (Å²) in [6.07, 6.45) is 44.6. The van der Waals surface area contributed by atoms with Crippen LogP contribution in [-0.4, -0.2) is 13.2 Å². The van der Waals surface area contributed by atoms with Gasteiger partial charge in [-0.25, -0.2) is 0 Å². The molecule has 0 fully saturated rings. The molecule has 3 aromatic carbocycles. The average molecular weight is 767 g/mol. The molecule has 0 heterocycles. The van der Waals surface area contributed by atoms with Gasteiger partial charge in [-0.05, 0) is 59.4 Å². The Morgan fingerprint density at radius 3 is 0.625 bits per heavy atom. The van der Waals surface area contributed by atoms with E-state index in [1.807, 2.05) is 0 Å². The molecular formula is C54H86O2. The van der Waals surface area contributed by atoms with Gasteiger partial charge in [0.25, 0.3) is 0 Å². The van der Waals surface area contributed by atoms with Gasteiger partial charge in [-0.3, -0.25) is 0 Å². The Hall–Kier alpha value is -2.74. The second kappa shape index (κ2) is 34.3. The van der Waals surface area contributed by atoms with Crippen molar-refractivity contribution >= 4 is 0 Å². The first kappa shape index (κ1) is 47.6. The van der Waals surface area contributed by atoms with Gasteiger partial charge in [0.05, 0.1) is 13.2 Å². The monoisotopic (exact) mass is 767 g/mol. The quantitative estimate of drug-likeness (QED) is 0.0541. The molecule has 0 aliphatic heterocycles. The van der Waals surface area contributed by atoms with Crippen LogP contribution in [0.2, 0.25) is 0 Å². The molecule has 0 atom stereocenters. The lowest BCUT2D eigenvalue weighted by Crippen LogP contribution is -1.97. The van der Waals surface area contributed by atoms with E-state index in [4.69, 9.17) is 9.47 Å². The number of hydrogen-bond acceptors (Lipinski definition) is 2. The van der Waals surface area contributed by atoms with Gasteiger partial charge in [0.2, 0.25) is 0 Å². The van der Waals surface area contributed by atoms with Crippen molar-refractivity contribution in [1.82, 2.24) is 0 Å². The molecular weight excluding hydrogens is 681 g/mol. The highest BCUT2D eigenvalue weighted by atomic mass is 16.5. The highest BCUT2D eigenvalue weighted by Crippen LogP contribution is 2.28. The van der Waals surface area contributed by atoms with Crippen molar-refractivity contribution in [3.8, 4) is 33.8 Å². The molecule has 2 heteroatoms. The molecule has 0 saturated carbocycles. The molecule has 0 N–H and O–H groups in total. The molecule has 0 amide bonds. The summed E-state index contributed by atoms with van der Waals surface area (Å²) in [6.45, 7) is 6.23. The summed E-state index contributed by atoms with van der Waals surface area (Å²) in [5, 5.41) is 0. The first-order valence-corrected chi connectivity index (χ1v) is 24.4. The lowest BCUT2D eigenvalue weighted by atomic mass is 10.0. The minimum atomic E-state index is 0.815. The maximum Gasteiger partial charge on any atom is 0.119 e. The van der Waals surface area contributed by atoms with Crippen molar-refractivity contribution < 1.29 is 9.47 Å². The van der Waals surface area contributed by atoms with Crippen LogP contribution in [0.3, 0.4) is 0 Å². The fourth-order valence-electron chi connectivity index (χ4n) is 8.02. The van der Waals surface area contributed by atoms with Gasteiger partial charge in [0, 0.05) is 0 Å². The van der Waals surface area contributed by atoms with Crippen molar-refractivity contribution in [2.24, 2.45) is 0 Å². The fraction of sp³-hybridized carbons (Fsp3) is 0.667. The summed E-state index contributed by atoms with van der Waals surface area (Å²) in [4.78, 5) is 0. The number of benzene rings is 3. The predicted octanol–water partition coefficient (Wildman–Crippen LogP) is 18.3. The second-order valence-electron chi connectivity index (χ2n) is 16.9. The maximum atomic E-state index is 6.07. The van der Waals surface area contributed by atoms with Gasteiger partial charge >= 0.3 is 0 Å². The number of unbranched alkanes of at least 4 members (excludes halogenated alkanes) is 30. The Labute approximate surface area is 347 Å². The zero-order valence-corrected chi connectivity index (χ0v) is 36.8. The summed E-state index contributed by atoms with van der Waals surface area (Å²) in [7, 11) is 0. The maximum absolute atomic E-state index is 6.07. The van der Waals surface area contributed by atoms with Crippen LogP contribution in [0.15, 0.2) is 72.8 Å². The first-order valence-electron chi connectivity index (χ1n) is 24.4. The zero-order chi connectivity index (χ0) is 39.4. The van der Waals surface area contributed by atoms with Crippen LogP contribution >= 0.6 is 0 Å². The second-order valence-corrected chi connectivity index (χ2v) is 16.9. The van der Waals surface area contributed by atoms with Crippen LogP contribution < -0.4 is 9.47 Å². The third-order valence-corrected chi connectivity index (χ3v) is 11.8. The summed E-state index contributed by atoms with van der Waals surface area (Å²) in [6, 6.07) is 26.1. The zero-order valence-electron chi connectivity index (χ0n) is 36.8. The lowest BCUT2D eigenvalue weighted by Gasteiger charge is -2.09. The van der Waals surface area contributed by atoms with E-state index in [1.54, 1.807) is 0 Å². The van der Waals surface area contributed by atoms with Crippen molar-refractivity contribution in [3.63, 3.8) is 0 Å². The van der Waals surface area contributed by atoms with Gasteiger partial charge in [-0.15, -0.1) is 0 Å². The number of hydrogen-bond donors (Lipinski definition) is 0. The third kappa shape index (κ3) is 24.1. The molecule has 0 aromatic heterocycles. The smallest absolute Gasteiger partial charge is 0.119 e. The first-order chi connectivity index (χ1) is 27.8. The minimum Gasteiger partial charge on any atom is -0.494 e. The third-order valence-electron chi connectivity index (χ3n) is 11.8. The van der Waals surface area contributed by atoms with Crippen LogP contribution in [0.5, 0.6) is 11.5 Å². The van der Waals surface area contributed by atoms with E-state index in [0.29, 0.717) is 0 Å². The van der Waals surface area contributed by atoms with Crippen molar-refractivity contribution in [1.29, 1.82) is 0 Å². The fourth-order valence-corrected chi connectivity index (χ4v) is 8.02. The molecule has 3 rings (SSSR count). The lowest BCUT2D eigenvalue weighted by molar-refractivity contribution is 0.304. The highest BCUT2D eigenvalue weighted by Gasteiger charge is 2.04. The molecule has 0 aliphatic carbocycles. The topological polar surface area (TPSA) is 18.5 Å². The van der Waals surface area contributed by atoms with Crippen LogP contribution in [0, 0.1) is 0 Å². The van der Waals surface area contributed by atoms with E-state index in [1.165, 1.54) is 215 Å². The number of ether oxygens (including phenoxy) is 2. The minimum absolute atomic E-state index is 0.815. The Kier molecular flexibility index (Phi) is 29.2. The Morgan fingerprint density at radius 1 is 0.232 bits per heavy atom. The molecule has 0 unspecified atom stereocenters. The predicted molar refractivity (Wildman–Crippen MR) is 247 cm³/mol. The van der Waals surface area contributed by atoms with Gasteiger partial charge < -0.3 is 9.47 Å². The largest absolute Gasteiger partial charge is 0.494 e. The molecule has 2 nitrogen and oxygen atoms in total. The summed E-state index contributed by atoms with van der Waals surface area (Å²) in [5.41, 5.74) is 4.92. The van der Waals surface area contributed by atoms with Gasteiger partial charge in [0.15, 0.2) is 0 Å². The van der Waals surface area contributed by atoms with Crippen molar-refractivity contribution in [2.45, 2.75) is 219 Å².